The first-order valence-electron chi connectivity index (χ1n) is 11.3. The maximum Gasteiger partial charge on any atom is 0.295 e. The van der Waals surface area contributed by atoms with E-state index in [-0.39, 0.29) is 11.3 Å². The van der Waals surface area contributed by atoms with E-state index in [1.54, 1.807) is 37.3 Å². The Hall–Kier alpha value is -3.30. The molecule has 0 bridgehead atoms. The predicted octanol–water partition coefficient (Wildman–Crippen LogP) is 2.75. The van der Waals surface area contributed by atoms with Gasteiger partial charge in [-0.3, -0.25) is 14.5 Å². The molecule has 34 heavy (non-hydrogen) atoms. The van der Waals surface area contributed by atoms with Crippen LogP contribution in [-0.4, -0.2) is 80.2 Å². The first-order valence-corrected chi connectivity index (χ1v) is 11.3. The first kappa shape index (κ1) is 23.8. The van der Waals surface area contributed by atoms with Crippen LogP contribution in [0.3, 0.4) is 0 Å². The topological polar surface area (TPSA) is 102 Å². The van der Waals surface area contributed by atoms with E-state index in [9.17, 15) is 14.7 Å². The number of aliphatic hydroxyl groups excluding tert-OH is 1. The molecular weight excluding hydrogens is 440 g/mol. The molecule has 0 saturated carbocycles. The second-order valence-electron chi connectivity index (χ2n) is 8.32. The molecule has 1 aromatic heterocycles. The van der Waals surface area contributed by atoms with E-state index >= 15 is 0 Å². The van der Waals surface area contributed by atoms with Gasteiger partial charge < -0.3 is 28.6 Å². The zero-order valence-corrected chi connectivity index (χ0v) is 19.7. The van der Waals surface area contributed by atoms with Gasteiger partial charge in [0.1, 0.15) is 23.3 Å². The summed E-state index contributed by atoms with van der Waals surface area (Å²) in [6, 6.07) is 7.53. The number of rotatable bonds is 8. The number of likely N-dealkylation sites (tertiary alicyclic amines) is 1. The fourth-order valence-corrected chi connectivity index (χ4v) is 4.44. The molecule has 182 valence electrons. The van der Waals surface area contributed by atoms with Crippen molar-refractivity contribution in [2.45, 2.75) is 19.4 Å². The van der Waals surface area contributed by atoms with Crippen molar-refractivity contribution in [1.82, 2.24) is 9.80 Å². The highest BCUT2D eigenvalue weighted by Crippen LogP contribution is 2.41. The fraction of sp³-hybridized carbons (Fsp3) is 0.440. The molecule has 4 rings (SSSR count). The van der Waals surface area contributed by atoms with E-state index < -0.39 is 17.7 Å². The number of methoxy groups -OCH3 is 2. The number of benzene rings is 1. The average molecular weight is 471 g/mol. The highest BCUT2D eigenvalue weighted by Gasteiger charge is 2.47. The van der Waals surface area contributed by atoms with Crippen molar-refractivity contribution in [3.8, 4) is 11.5 Å². The van der Waals surface area contributed by atoms with E-state index in [4.69, 9.17) is 18.6 Å². The Labute approximate surface area is 198 Å². The number of amides is 1. The molecule has 2 fully saturated rings. The quantitative estimate of drug-likeness (QED) is 0.357. The molecule has 3 heterocycles. The Morgan fingerprint density at radius 2 is 1.79 bits per heavy atom. The molecule has 0 unspecified atom stereocenters. The van der Waals surface area contributed by atoms with Crippen molar-refractivity contribution in [3.05, 3.63) is 53.0 Å². The average Bonchev–Trinajstić information content (AvgIpc) is 3.39. The molecule has 1 aromatic carbocycles. The third kappa shape index (κ3) is 4.67. The summed E-state index contributed by atoms with van der Waals surface area (Å²) in [5, 5.41) is 11.2. The Kier molecular flexibility index (Phi) is 7.23. The summed E-state index contributed by atoms with van der Waals surface area (Å²) in [7, 11) is 3.00. The molecule has 9 nitrogen and oxygen atoms in total. The number of Topliss-reactive ketones (excluding diaryl/α,β-unsaturated/α-hetero) is 1. The Morgan fingerprint density at radius 1 is 1.06 bits per heavy atom. The van der Waals surface area contributed by atoms with Gasteiger partial charge in [0, 0.05) is 31.7 Å². The number of furan rings is 1. The highest BCUT2D eigenvalue weighted by molar-refractivity contribution is 6.46. The molecular formula is C25H30N2O7. The van der Waals surface area contributed by atoms with E-state index in [1.165, 1.54) is 19.1 Å². The van der Waals surface area contributed by atoms with Crippen LogP contribution < -0.4 is 9.47 Å². The largest absolute Gasteiger partial charge is 0.507 e. The minimum Gasteiger partial charge on any atom is -0.507 e. The van der Waals surface area contributed by atoms with Crippen molar-refractivity contribution < 1.29 is 33.3 Å². The lowest BCUT2D eigenvalue weighted by Crippen LogP contribution is -2.38. The van der Waals surface area contributed by atoms with Gasteiger partial charge in [0.2, 0.25) is 0 Å². The molecule has 2 aliphatic rings. The number of carbonyl (C=O) groups excluding carboxylic acids is 2. The van der Waals surface area contributed by atoms with E-state index in [2.05, 4.69) is 4.90 Å². The predicted molar refractivity (Wildman–Crippen MR) is 124 cm³/mol. The second kappa shape index (κ2) is 10.3. The molecule has 1 amide bonds. The van der Waals surface area contributed by atoms with Crippen molar-refractivity contribution >= 4 is 17.4 Å². The van der Waals surface area contributed by atoms with Crippen molar-refractivity contribution in [2.24, 2.45) is 0 Å². The van der Waals surface area contributed by atoms with Crippen LogP contribution in [0.2, 0.25) is 0 Å². The summed E-state index contributed by atoms with van der Waals surface area (Å²) in [5.74, 6) is 0.303. The van der Waals surface area contributed by atoms with Gasteiger partial charge in [-0.25, -0.2) is 0 Å². The van der Waals surface area contributed by atoms with Crippen LogP contribution in [0.25, 0.3) is 5.76 Å². The van der Waals surface area contributed by atoms with Gasteiger partial charge in [0.25, 0.3) is 11.7 Å². The lowest BCUT2D eigenvalue weighted by Gasteiger charge is -2.28. The summed E-state index contributed by atoms with van der Waals surface area (Å²) in [5.41, 5.74) is 0.343. The van der Waals surface area contributed by atoms with Crippen LogP contribution in [-0.2, 0) is 14.3 Å². The SMILES string of the molecule is COc1ccc(/C(O)=C2\C(=O)C(=O)N(CCCN3CCOCC3)[C@H]2c2ccc(C)o2)cc1OC. The van der Waals surface area contributed by atoms with Crippen molar-refractivity contribution in [2.75, 3.05) is 53.6 Å². The minimum atomic E-state index is -0.813. The number of hydrogen-bond donors (Lipinski definition) is 1. The van der Waals surface area contributed by atoms with Crippen LogP contribution in [0, 0.1) is 6.92 Å². The summed E-state index contributed by atoms with van der Waals surface area (Å²) < 4.78 is 21.8. The van der Waals surface area contributed by atoms with E-state index in [0.717, 1.165) is 19.6 Å². The summed E-state index contributed by atoms with van der Waals surface area (Å²) >= 11 is 0. The molecule has 1 N–H and O–H groups in total. The molecule has 0 spiro atoms. The number of carbonyl (C=O) groups is 2. The number of morpholine rings is 1. The third-order valence-corrected chi connectivity index (χ3v) is 6.20. The fourth-order valence-electron chi connectivity index (χ4n) is 4.44. The normalized spacial score (nSPS) is 20.7. The number of nitrogens with zero attached hydrogens (tertiary/aromatic N) is 2. The number of hydrogen-bond acceptors (Lipinski definition) is 8. The van der Waals surface area contributed by atoms with E-state index in [1.807, 2.05) is 0 Å². The van der Waals surface area contributed by atoms with Crippen LogP contribution in [0.4, 0.5) is 0 Å². The molecule has 0 radical (unpaired) electrons. The smallest absolute Gasteiger partial charge is 0.295 e. The van der Waals surface area contributed by atoms with Crippen molar-refractivity contribution in [1.29, 1.82) is 0 Å². The zero-order chi connectivity index (χ0) is 24.2. The van der Waals surface area contributed by atoms with Crippen LogP contribution in [0.1, 0.15) is 29.5 Å². The Bertz CT molecular complexity index is 1080. The van der Waals surface area contributed by atoms with Gasteiger partial charge >= 0.3 is 0 Å². The third-order valence-electron chi connectivity index (χ3n) is 6.20. The highest BCUT2D eigenvalue weighted by atomic mass is 16.5. The molecule has 1 atom stereocenters. The van der Waals surface area contributed by atoms with Crippen LogP contribution in [0.15, 0.2) is 40.3 Å². The maximum atomic E-state index is 13.1. The number of ketones is 1. The molecule has 9 heteroatoms. The number of ether oxygens (including phenoxy) is 3. The van der Waals surface area contributed by atoms with Crippen LogP contribution in [0.5, 0.6) is 11.5 Å². The Balaban J connectivity index is 1.67. The monoisotopic (exact) mass is 470 g/mol. The van der Waals surface area contributed by atoms with Crippen molar-refractivity contribution in [3.63, 3.8) is 0 Å². The van der Waals surface area contributed by atoms with Gasteiger partial charge in [-0.05, 0) is 43.7 Å². The lowest BCUT2D eigenvalue weighted by atomic mass is 9.99. The number of aryl methyl sites for hydroxylation is 1. The standard InChI is InChI=1S/C25H30N2O7/c1-16-5-7-19(34-16)22-21(23(28)17-6-8-18(31-2)20(15-17)32-3)24(29)25(30)27(22)10-4-9-26-11-13-33-14-12-26/h5-8,15,22,28H,4,9-14H2,1-3H3/b23-21+/t22-/m0/s1. The van der Waals surface area contributed by atoms with Gasteiger partial charge in [-0.2, -0.15) is 0 Å². The molecule has 2 aromatic rings. The summed E-state index contributed by atoms with van der Waals surface area (Å²) in [6.45, 7) is 6.02. The maximum absolute atomic E-state index is 13.1. The molecule has 0 aliphatic carbocycles. The minimum absolute atomic E-state index is 0.00191. The summed E-state index contributed by atoms with van der Waals surface area (Å²) in [4.78, 5) is 30.0. The Morgan fingerprint density at radius 3 is 2.44 bits per heavy atom. The first-order chi connectivity index (χ1) is 16.4. The molecule has 2 saturated heterocycles. The number of aliphatic hydroxyl groups is 1. The molecule has 2 aliphatic heterocycles. The van der Waals surface area contributed by atoms with Gasteiger partial charge in [-0.1, -0.05) is 0 Å². The second-order valence-corrected chi connectivity index (χ2v) is 8.32. The van der Waals surface area contributed by atoms with Gasteiger partial charge in [-0.15, -0.1) is 0 Å². The van der Waals surface area contributed by atoms with Gasteiger partial charge in [0.05, 0.1) is 33.0 Å². The van der Waals surface area contributed by atoms with Gasteiger partial charge in [0.15, 0.2) is 11.5 Å². The van der Waals surface area contributed by atoms with Crippen LogP contribution >= 0.6 is 0 Å². The lowest BCUT2D eigenvalue weighted by molar-refractivity contribution is -0.140. The van der Waals surface area contributed by atoms with E-state index in [0.29, 0.717) is 54.8 Å². The summed E-state index contributed by atoms with van der Waals surface area (Å²) in [6.07, 6.45) is 0.680. The zero-order valence-electron chi connectivity index (χ0n) is 19.7.